The lowest BCUT2D eigenvalue weighted by Gasteiger charge is -2.36. The maximum Gasteiger partial charge on any atom is 0.411 e. The highest BCUT2D eigenvalue weighted by atomic mass is 19.1. The fourth-order valence-corrected chi connectivity index (χ4v) is 6.65. The van der Waals surface area contributed by atoms with Gasteiger partial charge in [-0.25, -0.2) is 9.18 Å². The molecule has 4 N–H and O–H groups in total. The van der Waals surface area contributed by atoms with Gasteiger partial charge in [-0.1, -0.05) is 6.07 Å². The zero-order chi connectivity index (χ0) is 26.5. The normalized spacial score (nSPS) is 29.4. The SMILES string of the molecule is CC(C)(C)OC(=O)N1C2CCC(C2)C1C(=O)N[C@@H](Cc1ccc(N2CCC3CNCC32)cc1F)C(N)=O. The number of nitrogens with zero attached hydrogens (tertiary/aromatic N) is 2. The van der Waals surface area contributed by atoms with Gasteiger partial charge in [-0.15, -0.1) is 0 Å². The van der Waals surface area contributed by atoms with Crippen molar-refractivity contribution in [3.63, 3.8) is 0 Å². The summed E-state index contributed by atoms with van der Waals surface area (Å²) in [6, 6.07) is 3.54. The lowest BCUT2D eigenvalue weighted by atomic mass is 9.97. The van der Waals surface area contributed by atoms with Crippen molar-refractivity contribution in [2.45, 2.75) is 82.6 Å². The smallest absolute Gasteiger partial charge is 0.411 e. The summed E-state index contributed by atoms with van der Waals surface area (Å²) in [5, 5.41) is 6.12. The van der Waals surface area contributed by atoms with E-state index in [0.29, 0.717) is 17.5 Å². The fraction of sp³-hybridized carbons (Fsp3) is 0.667. The first-order valence-corrected chi connectivity index (χ1v) is 13.4. The predicted octanol–water partition coefficient (Wildman–Crippen LogP) is 1.92. The summed E-state index contributed by atoms with van der Waals surface area (Å²) in [6.07, 6.45) is 2.86. The molecule has 4 aliphatic rings. The predicted molar refractivity (Wildman–Crippen MR) is 136 cm³/mol. The summed E-state index contributed by atoms with van der Waals surface area (Å²) in [7, 11) is 0. The largest absolute Gasteiger partial charge is 0.444 e. The standard InChI is InChI=1S/C27H38FN5O4/c1-27(2,3)37-26(36)33-19-7-5-16(10-19)23(33)25(35)31-21(24(29)34)11-15-4-6-18(12-20(15)28)32-9-8-17-13-30-14-22(17)32/h4,6,12,16-17,19,21-23,30H,5,7-11,13-14H2,1-3H3,(H2,29,34)(H,31,35)/t16?,17?,19?,21-,22?,23?/m0/s1. The third kappa shape index (κ3) is 5.12. The average molecular weight is 516 g/mol. The van der Waals surface area contributed by atoms with Crippen LogP contribution in [0, 0.1) is 17.7 Å². The summed E-state index contributed by atoms with van der Waals surface area (Å²) in [5.41, 5.74) is 6.07. The van der Waals surface area contributed by atoms with E-state index in [9.17, 15) is 14.4 Å². The Balaban J connectivity index is 1.28. The Hall–Kier alpha value is -2.88. The lowest BCUT2D eigenvalue weighted by Crippen LogP contribution is -2.57. The van der Waals surface area contributed by atoms with Gasteiger partial charge in [-0.05, 0) is 76.0 Å². The topological polar surface area (TPSA) is 117 Å². The van der Waals surface area contributed by atoms with Gasteiger partial charge < -0.3 is 26.0 Å². The summed E-state index contributed by atoms with van der Waals surface area (Å²) >= 11 is 0. The highest BCUT2D eigenvalue weighted by Crippen LogP contribution is 2.43. The van der Waals surface area contributed by atoms with Crippen molar-refractivity contribution in [1.29, 1.82) is 0 Å². The van der Waals surface area contributed by atoms with Gasteiger partial charge in [-0.2, -0.15) is 0 Å². The van der Waals surface area contributed by atoms with Gasteiger partial charge in [0.2, 0.25) is 11.8 Å². The van der Waals surface area contributed by atoms with E-state index in [-0.39, 0.29) is 18.4 Å². The Morgan fingerprint density at radius 3 is 2.68 bits per heavy atom. The van der Waals surface area contributed by atoms with E-state index < -0.39 is 41.4 Å². The van der Waals surface area contributed by atoms with E-state index in [1.54, 1.807) is 26.8 Å². The molecule has 3 amide bonds. The molecular weight excluding hydrogens is 477 g/mol. The van der Waals surface area contributed by atoms with E-state index in [1.165, 1.54) is 11.0 Å². The van der Waals surface area contributed by atoms with E-state index in [2.05, 4.69) is 15.5 Å². The minimum atomic E-state index is -1.09. The lowest BCUT2D eigenvalue weighted by molar-refractivity contribution is -0.132. The molecule has 1 aliphatic carbocycles. The molecule has 0 spiro atoms. The molecule has 4 fully saturated rings. The molecule has 0 radical (unpaired) electrons. The van der Waals surface area contributed by atoms with Crippen molar-refractivity contribution in [2.24, 2.45) is 17.6 Å². The second-order valence-corrected chi connectivity index (χ2v) is 12.0. The molecule has 3 heterocycles. The number of ether oxygens (including phenoxy) is 1. The molecule has 1 aromatic carbocycles. The van der Waals surface area contributed by atoms with Crippen molar-refractivity contribution in [1.82, 2.24) is 15.5 Å². The van der Waals surface area contributed by atoms with Crippen LogP contribution < -0.4 is 21.3 Å². The molecule has 1 saturated carbocycles. The molecule has 202 valence electrons. The van der Waals surface area contributed by atoms with Crippen LogP contribution in [-0.4, -0.2) is 72.2 Å². The molecule has 2 bridgehead atoms. The van der Waals surface area contributed by atoms with Crippen molar-refractivity contribution >= 4 is 23.6 Å². The van der Waals surface area contributed by atoms with Gasteiger partial charge in [0.1, 0.15) is 23.5 Å². The number of fused-ring (bicyclic) bond motifs is 3. The highest BCUT2D eigenvalue weighted by Gasteiger charge is 2.52. The van der Waals surface area contributed by atoms with Crippen LogP contribution in [0.3, 0.4) is 0 Å². The molecule has 37 heavy (non-hydrogen) atoms. The third-order valence-corrected chi connectivity index (χ3v) is 8.36. The zero-order valence-electron chi connectivity index (χ0n) is 21.8. The number of piperidine rings is 1. The van der Waals surface area contributed by atoms with Crippen LogP contribution in [0.2, 0.25) is 0 Å². The van der Waals surface area contributed by atoms with Gasteiger partial charge >= 0.3 is 6.09 Å². The van der Waals surface area contributed by atoms with Gasteiger partial charge in [0, 0.05) is 43.8 Å². The Morgan fingerprint density at radius 2 is 1.97 bits per heavy atom. The van der Waals surface area contributed by atoms with Crippen LogP contribution in [0.4, 0.5) is 14.9 Å². The number of amides is 3. The molecule has 5 unspecified atom stereocenters. The third-order valence-electron chi connectivity index (χ3n) is 8.36. The first kappa shape index (κ1) is 25.8. The summed E-state index contributed by atoms with van der Waals surface area (Å²) < 4.78 is 20.7. The van der Waals surface area contributed by atoms with Crippen molar-refractivity contribution in [2.75, 3.05) is 24.5 Å². The number of benzene rings is 1. The zero-order valence-corrected chi connectivity index (χ0v) is 21.8. The van der Waals surface area contributed by atoms with Crippen LogP contribution in [0.25, 0.3) is 0 Å². The monoisotopic (exact) mass is 515 g/mol. The van der Waals surface area contributed by atoms with E-state index in [1.807, 2.05) is 6.07 Å². The van der Waals surface area contributed by atoms with Crippen LogP contribution in [0.15, 0.2) is 18.2 Å². The molecule has 3 saturated heterocycles. The molecular formula is C27H38FN5O4. The Bertz CT molecular complexity index is 1080. The minimum absolute atomic E-state index is 0.00331. The number of carbonyl (C=O) groups excluding carboxylic acids is 3. The molecule has 0 aromatic heterocycles. The summed E-state index contributed by atoms with van der Waals surface area (Å²) in [4.78, 5) is 42.3. The van der Waals surface area contributed by atoms with Gasteiger partial charge in [0.15, 0.2) is 0 Å². The Labute approximate surface area is 217 Å². The first-order valence-electron chi connectivity index (χ1n) is 13.4. The van der Waals surface area contributed by atoms with Crippen LogP contribution >= 0.6 is 0 Å². The van der Waals surface area contributed by atoms with Crippen molar-refractivity contribution in [3.8, 4) is 0 Å². The number of anilines is 1. The number of nitrogens with two attached hydrogens (primary N) is 1. The van der Waals surface area contributed by atoms with Gasteiger partial charge in [0.05, 0.1) is 0 Å². The van der Waals surface area contributed by atoms with E-state index >= 15 is 4.39 Å². The maximum atomic E-state index is 15.2. The van der Waals surface area contributed by atoms with Crippen molar-refractivity contribution in [3.05, 3.63) is 29.6 Å². The van der Waals surface area contributed by atoms with Crippen LogP contribution in [0.5, 0.6) is 0 Å². The van der Waals surface area contributed by atoms with Crippen LogP contribution in [-0.2, 0) is 20.7 Å². The summed E-state index contributed by atoms with van der Waals surface area (Å²) in [5.74, 6) is -1.04. The van der Waals surface area contributed by atoms with Crippen LogP contribution in [0.1, 0.15) is 52.0 Å². The maximum absolute atomic E-state index is 15.2. The number of primary amides is 1. The number of likely N-dealkylation sites (tertiary alicyclic amines) is 1. The van der Waals surface area contributed by atoms with E-state index in [4.69, 9.17) is 10.5 Å². The number of nitrogens with one attached hydrogen (secondary N) is 2. The number of hydrogen-bond acceptors (Lipinski definition) is 6. The number of hydrogen-bond donors (Lipinski definition) is 3. The second kappa shape index (κ2) is 9.78. The Kier molecular flexibility index (Phi) is 6.81. The minimum Gasteiger partial charge on any atom is -0.444 e. The molecule has 1 aromatic rings. The molecule has 5 rings (SSSR count). The first-order chi connectivity index (χ1) is 17.5. The quantitative estimate of drug-likeness (QED) is 0.533. The van der Waals surface area contributed by atoms with Gasteiger partial charge in [-0.3, -0.25) is 14.5 Å². The fourth-order valence-electron chi connectivity index (χ4n) is 6.65. The molecule has 6 atom stereocenters. The van der Waals surface area contributed by atoms with Crippen molar-refractivity contribution < 1.29 is 23.5 Å². The number of halogens is 1. The molecule has 10 heteroatoms. The number of carbonyl (C=O) groups is 3. The molecule has 3 aliphatic heterocycles. The highest BCUT2D eigenvalue weighted by molar-refractivity contribution is 5.91. The average Bonchev–Trinajstić information content (AvgIpc) is 3.59. The number of rotatable bonds is 6. The summed E-state index contributed by atoms with van der Waals surface area (Å²) in [6.45, 7) is 8.13. The van der Waals surface area contributed by atoms with Gasteiger partial charge in [0.25, 0.3) is 0 Å². The second-order valence-electron chi connectivity index (χ2n) is 12.0. The van der Waals surface area contributed by atoms with E-state index in [0.717, 1.165) is 51.0 Å². The molecule has 9 nitrogen and oxygen atoms in total. The Morgan fingerprint density at radius 1 is 1.19 bits per heavy atom.